The van der Waals surface area contributed by atoms with Gasteiger partial charge in [0, 0.05) is 37.1 Å². The minimum absolute atomic E-state index is 0.156. The van der Waals surface area contributed by atoms with Crippen LogP contribution in [0.15, 0.2) is 24.5 Å². The molecule has 0 aliphatic carbocycles. The molecule has 90 valence electrons. The van der Waals surface area contributed by atoms with Crippen LogP contribution in [0.25, 0.3) is 0 Å². The molecule has 0 bridgehead atoms. The number of hydrogen-bond donors (Lipinski definition) is 1. The lowest BCUT2D eigenvalue weighted by Crippen LogP contribution is -2.48. The standard InChI is InChI=1S/C13H17N3O/c17-13(11-2-5-14-6-3-11)16-8-4-10-1-7-15-9-12(10)16/h2-3,5-6,10,12,15H,1,4,7-9H2. The number of aromatic nitrogens is 1. The number of hydrogen-bond acceptors (Lipinski definition) is 3. The Morgan fingerprint density at radius 1 is 1.35 bits per heavy atom. The number of piperidine rings is 1. The number of pyridine rings is 1. The Morgan fingerprint density at radius 2 is 2.18 bits per heavy atom. The molecule has 4 nitrogen and oxygen atoms in total. The lowest BCUT2D eigenvalue weighted by Gasteiger charge is -2.32. The van der Waals surface area contributed by atoms with Gasteiger partial charge in [0.05, 0.1) is 0 Å². The molecule has 0 aromatic carbocycles. The Hall–Kier alpha value is -1.42. The molecule has 2 fully saturated rings. The summed E-state index contributed by atoms with van der Waals surface area (Å²) >= 11 is 0. The molecular formula is C13H17N3O. The van der Waals surface area contributed by atoms with Gasteiger partial charge in [-0.2, -0.15) is 0 Å². The molecule has 4 heteroatoms. The van der Waals surface area contributed by atoms with E-state index in [-0.39, 0.29) is 5.91 Å². The van der Waals surface area contributed by atoms with E-state index in [4.69, 9.17) is 0 Å². The monoisotopic (exact) mass is 231 g/mol. The van der Waals surface area contributed by atoms with Crippen LogP contribution in [0.5, 0.6) is 0 Å². The summed E-state index contributed by atoms with van der Waals surface area (Å²) < 4.78 is 0. The quantitative estimate of drug-likeness (QED) is 0.781. The van der Waals surface area contributed by atoms with Crippen molar-refractivity contribution in [2.24, 2.45) is 5.92 Å². The van der Waals surface area contributed by atoms with Gasteiger partial charge in [-0.3, -0.25) is 9.78 Å². The van der Waals surface area contributed by atoms with Crippen molar-refractivity contribution in [2.45, 2.75) is 18.9 Å². The summed E-state index contributed by atoms with van der Waals surface area (Å²) in [6.07, 6.45) is 5.72. The predicted octanol–water partition coefficient (Wildman–Crippen LogP) is 0.906. The molecule has 3 rings (SSSR count). The molecule has 1 aromatic rings. The van der Waals surface area contributed by atoms with E-state index in [0.717, 1.165) is 31.6 Å². The fourth-order valence-corrected chi connectivity index (χ4v) is 2.98. The number of likely N-dealkylation sites (tertiary alicyclic amines) is 1. The first-order valence-corrected chi connectivity index (χ1v) is 6.28. The van der Waals surface area contributed by atoms with Crippen LogP contribution in [0.2, 0.25) is 0 Å². The number of fused-ring (bicyclic) bond motifs is 1. The van der Waals surface area contributed by atoms with E-state index in [1.807, 2.05) is 4.90 Å². The zero-order chi connectivity index (χ0) is 11.7. The summed E-state index contributed by atoms with van der Waals surface area (Å²) in [5, 5.41) is 3.39. The molecule has 3 heterocycles. The third kappa shape index (κ3) is 1.93. The van der Waals surface area contributed by atoms with Gasteiger partial charge in [-0.25, -0.2) is 0 Å². The minimum Gasteiger partial charge on any atom is -0.334 e. The van der Waals surface area contributed by atoms with Crippen LogP contribution in [0, 0.1) is 5.92 Å². The Kier molecular flexibility index (Phi) is 2.81. The molecule has 2 aliphatic rings. The van der Waals surface area contributed by atoms with Crippen molar-refractivity contribution in [2.75, 3.05) is 19.6 Å². The highest BCUT2D eigenvalue weighted by atomic mass is 16.2. The number of nitrogens with one attached hydrogen (secondary N) is 1. The van der Waals surface area contributed by atoms with Crippen LogP contribution in [0.4, 0.5) is 0 Å². The maximum Gasteiger partial charge on any atom is 0.254 e. The molecule has 17 heavy (non-hydrogen) atoms. The lowest BCUT2D eigenvalue weighted by molar-refractivity contribution is 0.0702. The third-order valence-electron chi connectivity index (χ3n) is 3.92. The first-order chi connectivity index (χ1) is 8.36. The van der Waals surface area contributed by atoms with Crippen molar-refractivity contribution in [3.63, 3.8) is 0 Å². The van der Waals surface area contributed by atoms with Crippen LogP contribution in [-0.2, 0) is 0 Å². The highest BCUT2D eigenvalue weighted by Gasteiger charge is 2.38. The third-order valence-corrected chi connectivity index (χ3v) is 3.92. The Labute approximate surface area is 101 Å². The summed E-state index contributed by atoms with van der Waals surface area (Å²) in [6, 6.07) is 3.99. The molecule has 2 unspecified atom stereocenters. The molecule has 1 amide bonds. The molecule has 2 aliphatic heterocycles. The molecule has 1 aromatic heterocycles. The number of nitrogens with zero attached hydrogens (tertiary/aromatic N) is 2. The summed E-state index contributed by atoms with van der Waals surface area (Å²) in [5.74, 6) is 0.852. The van der Waals surface area contributed by atoms with E-state index in [2.05, 4.69) is 10.3 Å². The molecule has 0 saturated carbocycles. The largest absolute Gasteiger partial charge is 0.334 e. The Morgan fingerprint density at radius 3 is 3.00 bits per heavy atom. The number of carbonyl (C=O) groups excluding carboxylic acids is 1. The zero-order valence-corrected chi connectivity index (χ0v) is 9.80. The second-order valence-corrected chi connectivity index (χ2v) is 4.84. The van der Waals surface area contributed by atoms with E-state index < -0.39 is 0 Å². The first-order valence-electron chi connectivity index (χ1n) is 6.28. The topological polar surface area (TPSA) is 45.2 Å². The van der Waals surface area contributed by atoms with Crippen molar-refractivity contribution >= 4 is 5.91 Å². The predicted molar refractivity (Wildman–Crippen MR) is 64.7 cm³/mol. The van der Waals surface area contributed by atoms with Crippen LogP contribution in [0.3, 0.4) is 0 Å². The molecule has 2 atom stereocenters. The fourth-order valence-electron chi connectivity index (χ4n) is 2.98. The van der Waals surface area contributed by atoms with Crippen molar-refractivity contribution in [1.29, 1.82) is 0 Å². The van der Waals surface area contributed by atoms with Crippen molar-refractivity contribution in [3.05, 3.63) is 30.1 Å². The van der Waals surface area contributed by atoms with Gasteiger partial charge in [-0.1, -0.05) is 0 Å². The van der Waals surface area contributed by atoms with Crippen molar-refractivity contribution in [1.82, 2.24) is 15.2 Å². The highest BCUT2D eigenvalue weighted by molar-refractivity contribution is 5.94. The van der Waals surface area contributed by atoms with Gasteiger partial charge in [-0.15, -0.1) is 0 Å². The second kappa shape index (κ2) is 4.45. The summed E-state index contributed by atoms with van der Waals surface area (Å²) in [4.78, 5) is 18.4. The molecule has 0 radical (unpaired) electrons. The Bertz CT molecular complexity index is 406. The first kappa shape index (κ1) is 10.7. The maximum atomic E-state index is 12.4. The van der Waals surface area contributed by atoms with Gasteiger partial charge < -0.3 is 10.2 Å². The van der Waals surface area contributed by atoms with E-state index in [1.54, 1.807) is 24.5 Å². The van der Waals surface area contributed by atoms with Crippen LogP contribution < -0.4 is 5.32 Å². The normalized spacial score (nSPS) is 27.9. The average Bonchev–Trinajstić information content (AvgIpc) is 2.83. The smallest absolute Gasteiger partial charge is 0.254 e. The van der Waals surface area contributed by atoms with Crippen LogP contribution in [0.1, 0.15) is 23.2 Å². The van der Waals surface area contributed by atoms with Crippen molar-refractivity contribution < 1.29 is 4.79 Å². The van der Waals surface area contributed by atoms with Gasteiger partial charge >= 0.3 is 0 Å². The van der Waals surface area contributed by atoms with E-state index in [1.165, 1.54) is 6.42 Å². The molecule has 2 saturated heterocycles. The SMILES string of the molecule is O=C(c1ccncc1)N1CCC2CCNCC21. The summed E-state index contributed by atoms with van der Waals surface area (Å²) in [5.41, 5.74) is 0.756. The van der Waals surface area contributed by atoms with E-state index in [9.17, 15) is 4.79 Å². The zero-order valence-electron chi connectivity index (χ0n) is 9.80. The van der Waals surface area contributed by atoms with Crippen LogP contribution >= 0.6 is 0 Å². The van der Waals surface area contributed by atoms with Gasteiger partial charge in [0.25, 0.3) is 5.91 Å². The minimum atomic E-state index is 0.156. The summed E-state index contributed by atoms with van der Waals surface area (Å²) in [6.45, 7) is 2.94. The van der Waals surface area contributed by atoms with E-state index in [0.29, 0.717) is 12.0 Å². The molecular weight excluding hydrogens is 214 g/mol. The molecule has 0 spiro atoms. The lowest BCUT2D eigenvalue weighted by atomic mass is 9.93. The fraction of sp³-hybridized carbons (Fsp3) is 0.538. The van der Waals surface area contributed by atoms with E-state index >= 15 is 0 Å². The average molecular weight is 231 g/mol. The highest BCUT2D eigenvalue weighted by Crippen LogP contribution is 2.29. The number of amides is 1. The second-order valence-electron chi connectivity index (χ2n) is 4.84. The maximum absolute atomic E-state index is 12.4. The van der Waals surface area contributed by atoms with Crippen molar-refractivity contribution in [3.8, 4) is 0 Å². The Balaban J connectivity index is 1.79. The van der Waals surface area contributed by atoms with Crippen LogP contribution in [-0.4, -0.2) is 41.5 Å². The molecule has 1 N–H and O–H groups in total. The van der Waals surface area contributed by atoms with Gasteiger partial charge in [0.1, 0.15) is 0 Å². The van der Waals surface area contributed by atoms with Gasteiger partial charge in [-0.05, 0) is 37.4 Å². The summed E-state index contributed by atoms with van der Waals surface area (Å²) in [7, 11) is 0. The van der Waals surface area contributed by atoms with Gasteiger partial charge in [0.2, 0.25) is 0 Å². The number of carbonyl (C=O) groups is 1. The number of rotatable bonds is 1. The van der Waals surface area contributed by atoms with Gasteiger partial charge in [0.15, 0.2) is 0 Å².